The van der Waals surface area contributed by atoms with Crippen molar-refractivity contribution in [1.82, 2.24) is 4.98 Å². The Kier molecular flexibility index (Phi) is 5.59. The molecule has 0 aliphatic carbocycles. The molecule has 0 unspecified atom stereocenters. The smallest absolute Gasteiger partial charge is 0.338 e. The second-order valence-corrected chi connectivity index (χ2v) is 3.29. The largest absolute Gasteiger partial charge is 0.480 e. The molecule has 0 atom stereocenters. The topological polar surface area (TPSA) is 97.8 Å². The zero-order valence-corrected chi connectivity index (χ0v) is 9.88. The molecule has 0 amide bonds. The van der Waals surface area contributed by atoms with Crippen LogP contribution >= 0.6 is 0 Å². The van der Waals surface area contributed by atoms with E-state index in [0.29, 0.717) is 17.9 Å². The molecule has 1 aromatic rings. The van der Waals surface area contributed by atoms with Crippen LogP contribution in [0.15, 0.2) is 18.3 Å². The molecule has 0 aliphatic rings. The summed E-state index contributed by atoms with van der Waals surface area (Å²) in [6.07, 6.45) is 1.48. The third kappa shape index (κ3) is 4.79. The van der Waals surface area contributed by atoms with E-state index >= 15 is 0 Å². The number of carbonyl (C=O) groups excluding carboxylic acids is 1. The van der Waals surface area contributed by atoms with Crippen molar-refractivity contribution in [3.8, 4) is 0 Å². The molecule has 98 valence electrons. The highest BCUT2D eigenvalue weighted by Crippen LogP contribution is 2.07. The number of nitrogens with one attached hydrogen (secondary N) is 1. The van der Waals surface area contributed by atoms with Gasteiger partial charge in [0.25, 0.3) is 0 Å². The van der Waals surface area contributed by atoms with E-state index in [4.69, 9.17) is 9.84 Å². The maximum atomic E-state index is 11.2. The molecule has 1 aromatic heterocycles. The van der Waals surface area contributed by atoms with Crippen LogP contribution in [0.5, 0.6) is 0 Å². The summed E-state index contributed by atoms with van der Waals surface area (Å²) in [5, 5.41) is 11.2. The van der Waals surface area contributed by atoms with Crippen molar-refractivity contribution in [3.63, 3.8) is 0 Å². The number of aliphatic carboxylic acids is 1. The Bertz CT molecular complexity index is 422. The average Bonchev–Trinajstić information content (AvgIpc) is 2.37. The van der Waals surface area contributed by atoms with E-state index in [2.05, 4.69) is 15.0 Å². The van der Waals surface area contributed by atoms with Gasteiger partial charge in [0.2, 0.25) is 0 Å². The number of rotatable bonds is 7. The van der Waals surface area contributed by atoms with Crippen LogP contribution in [0, 0.1) is 0 Å². The molecule has 1 rings (SSSR count). The molecule has 0 radical (unpaired) electrons. The van der Waals surface area contributed by atoms with Crippen LogP contribution in [0.1, 0.15) is 10.4 Å². The number of carboxylic acid groups (broad SMARTS) is 1. The van der Waals surface area contributed by atoms with Gasteiger partial charge < -0.3 is 19.9 Å². The summed E-state index contributed by atoms with van der Waals surface area (Å²) in [4.78, 5) is 25.4. The minimum atomic E-state index is -1.01. The van der Waals surface area contributed by atoms with E-state index in [9.17, 15) is 9.59 Å². The Morgan fingerprint density at radius 1 is 1.50 bits per heavy atom. The molecule has 0 aromatic carbocycles. The number of hydrogen-bond acceptors (Lipinski definition) is 6. The minimum absolute atomic E-state index is 0.233. The lowest BCUT2D eigenvalue weighted by Crippen LogP contribution is -2.14. The van der Waals surface area contributed by atoms with E-state index < -0.39 is 11.9 Å². The Labute approximate surface area is 104 Å². The van der Waals surface area contributed by atoms with Gasteiger partial charge in [0.15, 0.2) is 0 Å². The average molecular weight is 254 g/mol. The minimum Gasteiger partial charge on any atom is -0.480 e. The number of aromatic nitrogens is 1. The molecule has 0 bridgehead atoms. The predicted octanol–water partition coefficient (Wildman–Crippen LogP) is 0.381. The lowest BCUT2D eigenvalue weighted by Gasteiger charge is -2.06. The van der Waals surface area contributed by atoms with Gasteiger partial charge in [-0.05, 0) is 12.1 Å². The van der Waals surface area contributed by atoms with Crippen LogP contribution < -0.4 is 5.32 Å². The number of carboxylic acids is 1. The molecular weight excluding hydrogens is 240 g/mol. The second kappa shape index (κ2) is 7.23. The van der Waals surface area contributed by atoms with Crippen molar-refractivity contribution >= 4 is 17.8 Å². The monoisotopic (exact) mass is 254 g/mol. The number of hydrogen-bond donors (Lipinski definition) is 2. The highest BCUT2D eigenvalue weighted by Gasteiger charge is 2.05. The van der Waals surface area contributed by atoms with Crippen LogP contribution in [-0.2, 0) is 14.3 Å². The molecule has 0 saturated carbocycles. The molecule has 0 spiro atoms. The quantitative estimate of drug-likeness (QED) is 0.536. The number of pyridine rings is 1. The SMILES string of the molecule is COC(=O)c1ccnc(NCCOCC(=O)O)c1. The first-order valence-electron chi connectivity index (χ1n) is 5.21. The third-order valence-corrected chi connectivity index (χ3v) is 1.96. The maximum Gasteiger partial charge on any atom is 0.338 e. The van der Waals surface area contributed by atoms with Crippen molar-refractivity contribution in [2.24, 2.45) is 0 Å². The summed E-state index contributed by atoms with van der Waals surface area (Å²) in [6.45, 7) is 0.290. The lowest BCUT2D eigenvalue weighted by molar-refractivity contribution is -0.142. The first kappa shape index (κ1) is 13.9. The zero-order chi connectivity index (χ0) is 13.4. The summed E-state index contributed by atoms with van der Waals surface area (Å²) in [6, 6.07) is 3.08. The number of methoxy groups -OCH3 is 1. The Hall–Kier alpha value is -2.15. The van der Waals surface area contributed by atoms with Gasteiger partial charge in [0.05, 0.1) is 19.3 Å². The molecule has 2 N–H and O–H groups in total. The summed E-state index contributed by atoms with van der Waals surface area (Å²) < 4.78 is 9.41. The fourth-order valence-electron chi connectivity index (χ4n) is 1.18. The van der Waals surface area contributed by atoms with Gasteiger partial charge in [0, 0.05) is 12.7 Å². The Balaban J connectivity index is 2.38. The third-order valence-electron chi connectivity index (χ3n) is 1.96. The molecule has 7 heteroatoms. The van der Waals surface area contributed by atoms with Crippen LogP contribution in [0.4, 0.5) is 5.82 Å². The Morgan fingerprint density at radius 2 is 2.28 bits per heavy atom. The molecule has 0 fully saturated rings. The number of anilines is 1. The zero-order valence-electron chi connectivity index (χ0n) is 9.88. The fourth-order valence-corrected chi connectivity index (χ4v) is 1.18. The highest BCUT2D eigenvalue weighted by atomic mass is 16.5. The van der Waals surface area contributed by atoms with Crippen LogP contribution in [0.2, 0.25) is 0 Å². The van der Waals surface area contributed by atoms with E-state index in [1.165, 1.54) is 19.4 Å². The highest BCUT2D eigenvalue weighted by molar-refractivity contribution is 5.89. The number of carbonyl (C=O) groups is 2. The normalized spacial score (nSPS) is 9.83. The van der Waals surface area contributed by atoms with Crippen molar-refractivity contribution in [3.05, 3.63) is 23.9 Å². The number of nitrogens with zero attached hydrogens (tertiary/aromatic N) is 1. The lowest BCUT2D eigenvalue weighted by atomic mass is 10.2. The summed E-state index contributed by atoms with van der Waals surface area (Å²) >= 11 is 0. The van der Waals surface area contributed by atoms with Gasteiger partial charge in [-0.15, -0.1) is 0 Å². The van der Waals surface area contributed by atoms with Crippen molar-refractivity contribution < 1.29 is 24.2 Å². The second-order valence-electron chi connectivity index (χ2n) is 3.29. The van der Waals surface area contributed by atoms with Gasteiger partial charge in [-0.1, -0.05) is 0 Å². The van der Waals surface area contributed by atoms with Crippen molar-refractivity contribution in [2.75, 3.05) is 32.2 Å². The van der Waals surface area contributed by atoms with Crippen molar-refractivity contribution in [2.45, 2.75) is 0 Å². The molecule has 0 aliphatic heterocycles. The first-order valence-corrected chi connectivity index (χ1v) is 5.21. The predicted molar refractivity (Wildman–Crippen MR) is 62.5 cm³/mol. The first-order chi connectivity index (χ1) is 8.63. The van der Waals surface area contributed by atoms with Gasteiger partial charge in [0.1, 0.15) is 12.4 Å². The van der Waals surface area contributed by atoms with Crippen LogP contribution in [0.3, 0.4) is 0 Å². The van der Waals surface area contributed by atoms with Crippen LogP contribution in [-0.4, -0.2) is 48.9 Å². The Morgan fingerprint density at radius 3 is 2.94 bits per heavy atom. The van der Waals surface area contributed by atoms with E-state index in [1.807, 2.05) is 0 Å². The van der Waals surface area contributed by atoms with Gasteiger partial charge in [-0.25, -0.2) is 14.6 Å². The molecule has 7 nitrogen and oxygen atoms in total. The molecule has 18 heavy (non-hydrogen) atoms. The summed E-state index contributed by atoms with van der Waals surface area (Å²) in [5.74, 6) is -0.958. The summed E-state index contributed by atoms with van der Waals surface area (Å²) in [5.41, 5.74) is 0.390. The fraction of sp³-hybridized carbons (Fsp3) is 0.364. The van der Waals surface area contributed by atoms with E-state index in [1.54, 1.807) is 6.07 Å². The molecular formula is C11H14N2O5. The van der Waals surface area contributed by atoms with Gasteiger partial charge in [-0.3, -0.25) is 0 Å². The molecule has 1 heterocycles. The van der Waals surface area contributed by atoms with Gasteiger partial charge in [-0.2, -0.15) is 0 Å². The van der Waals surface area contributed by atoms with Crippen LogP contribution in [0.25, 0.3) is 0 Å². The number of ether oxygens (including phenoxy) is 2. The molecule has 0 saturated heterocycles. The van der Waals surface area contributed by atoms with E-state index in [0.717, 1.165) is 0 Å². The van der Waals surface area contributed by atoms with Gasteiger partial charge >= 0.3 is 11.9 Å². The summed E-state index contributed by atoms with van der Waals surface area (Å²) in [7, 11) is 1.30. The van der Waals surface area contributed by atoms with E-state index in [-0.39, 0.29) is 13.2 Å². The number of esters is 1. The maximum absolute atomic E-state index is 11.2. The standard InChI is InChI=1S/C11H14N2O5/c1-17-11(16)8-2-3-12-9(6-8)13-4-5-18-7-10(14)15/h2-3,6H,4-5,7H2,1H3,(H,12,13)(H,14,15). The van der Waals surface area contributed by atoms with Crippen molar-refractivity contribution in [1.29, 1.82) is 0 Å².